The van der Waals surface area contributed by atoms with Gasteiger partial charge in [0.15, 0.2) is 5.76 Å². The molecule has 186 valence electrons. The van der Waals surface area contributed by atoms with E-state index < -0.39 is 23.4 Å². The Hall–Kier alpha value is -4.08. The monoisotopic (exact) mass is 492 g/mol. The summed E-state index contributed by atoms with van der Waals surface area (Å²) in [6.45, 7) is 0.668. The smallest absolute Gasteiger partial charge is 0.298 e. The number of ketones is 1. The highest BCUT2D eigenvalue weighted by atomic mass is 19.1. The van der Waals surface area contributed by atoms with Gasteiger partial charge in [0.1, 0.15) is 5.82 Å². The van der Waals surface area contributed by atoms with E-state index >= 15 is 0 Å². The van der Waals surface area contributed by atoms with E-state index in [0.717, 1.165) is 42.5 Å². The number of carbonyl (C=O) groups excluding carboxylic acids is 3. The lowest BCUT2D eigenvalue weighted by molar-refractivity contribution is -0.128. The molecule has 2 amide bonds. The van der Waals surface area contributed by atoms with E-state index in [1.165, 1.54) is 40.3 Å². The minimum Gasteiger partial charge on any atom is -0.461 e. The highest BCUT2D eigenvalue weighted by Gasteiger charge is 2.31. The predicted octanol–water partition coefficient (Wildman–Crippen LogP) is 2.14. The molecule has 0 spiro atoms. The number of benzene rings is 1. The summed E-state index contributed by atoms with van der Waals surface area (Å²) in [5, 5.41) is 6.79. The Labute approximate surface area is 205 Å². The van der Waals surface area contributed by atoms with Crippen molar-refractivity contribution in [2.45, 2.75) is 32.1 Å². The molecular weight excluding hydrogens is 467 g/mol. The number of aromatic nitrogens is 2. The molecule has 1 fully saturated rings. The zero-order valence-electron chi connectivity index (χ0n) is 19.6. The number of fused-ring (bicyclic) bond motifs is 1. The van der Waals surface area contributed by atoms with Crippen molar-refractivity contribution in [2.24, 2.45) is 0 Å². The van der Waals surface area contributed by atoms with Gasteiger partial charge in [-0.15, -0.1) is 0 Å². The number of hydrogen-bond donors (Lipinski definition) is 1. The molecule has 0 unspecified atom stereocenters. The van der Waals surface area contributed by atoms with Gasteiger partial charge in [-0.1, -0.05) is 6.07 Å². The number of H-pyrrole nitrogens is 1. The molecule has 2 aliphatic rings. The zero-order valence-corrected chi connectivity index (χ0v) is 19.6. The molecule has 1 aliphatic heterocycles. The van der Waals surface area contributed by atoms with Crippen LogP contribution >= 0.6 is 0 Å². The zero-order chi connectivity index (χ0) is 25.2. The number of furan rings is 1. The molecule has 1 aliphatic carbocycles. The molecule has 5 rings (SSSR count). The van der Waals surface area contributed by atoms with Crippen LogP contribution in [0.2, 0.25) is 0 Å². The summed E-state index contributed by atoms with van der Waals surface area (Å²) < 4.78 is 19.7. The summed E-state index contributed by atoms with van der Waals surface area (Å²) in [6, 6.07) is 7.36. The molecule has 1 N–H and O–H groups in total. The summed E-state index contributed by atoms with van der Waals surface area (Å²) in [5.74, 6) is -2.57. The number of carbonyl (C=O) groups is 3. The van der Waals surface area contributed by atoms with Crippen molar-refractivity contribution in [2.75, 3.05) is 26.2 Å². The largest absolute Gasteiger partial charge is 0.461 e. The highest BCUT2D eigenvalue weighted by molar-refractivity contribution is 6.41. The summed E-state index contributed by atoms with van der Waals surface area (Å²) in [7, 11) is 0. The molecule has 36 heavy (non-hydrogen) atoms. The maximum absolute atomic E-state index is 14.7. The minimum atomic E-state index is -0.739. The van der Waals surface area contributed by atoms with Gasteiger partial charge >= 0.3 is 0 Å². The van der Waals surface area contributed by atoms with Crippen LogP contribution in [-0.2, 0) is 24.1 Å². The number of piperazine rings is 1. The molecule has 0 bridgehead atoms. The Morgan fingerprint density at radius 2 is 1.72 bits per heavy atom. The molecule has 10 heteroatoms. The van der Waals surface area contributed by atoms with Crippen molar-refractivity contribution in [1.29, 1.82) is 0 Å². The predicted molar refractivity (Wildman–Crippen MR) is 126 cm³/mol. The van der Waals surface area contributed by atoms with Gasteiger partial charge in [0.05, 0.1) is 17.5 Å². The fourth-order valence-corrected chi connectivity index (χ4v) is 4.85. The normalized spacial score (nSPS) is 15.5. The number of nitrogens with one attached hydrogen (secondary N) is 1. The van der Waals surface area contributed by atoms with E-state index in [0.29, 0.717) is 12.0 Å². The quantitative estimate of drug-likeness (QED) is 0.431. The third-order valence-corrected chi connectivity index (χ3v) is 6.81. The van der Waals surface area contributed by atoms with E-state index in [2.05, 4.69) is 10.2 Å². The van der Waals surface area contributed by atoms with Gasteiger partial charge in [-0.3, -0.25) is 19.2 Å². The molecule has 3 aromatic rings. The number of Topliss-reactive ketones (excluding diaryl/α,β-unsaturated/α-hetero) is 1. The van der Waals surface area contributed by atoms with Gasteiger partial charge in [0.25, 0.3) is 23.2 Å². The van der Waals surface area contributed by atoms with Crippen LogP contribution in [0.3, 0.4) is 0 Å². The number of nitrogens with zero attached hydrogens (tertiary/aromatic N) is 3. The van der Waals surface area contributed by atoms with Gasteiger partial charge in [-0.25, -0.2) is 9.49 Å². The maximum Gasteiger partial charge on any atom is 0.298 e. The molecule has 3 heterocycles. The average Bonchev–Trinajstić information content (AvgIpc) is 3.45. The third kappa shape index (κ3) is 4.58. The van der Waals surface area contributed by atoms with Crippen molar-refractivity contribution in [3.63, 3.8) is 0 Å². The van der Waals surface area contributed by atoms with Crippen LogP contribution in [0.1, 0.15) is 56.1 Å². The number of amides is 2. The van der Waals surface area contributed by atoms with Gasteiger partial charge in [-0.2, -0.15) is 5.10 Å². The molecule has 2 aromatic heterocycles. The molecule has 0 radical (unpaired) electrons. The van der Waals surface area contributed by atoms with Crippen LogP contribution in [0.25, 0.3) is 0 Å². The first-order valence-electron chi connectivity index (χ1n) is 12.0. The summed E-state index contributed by atoms with van der Waals surface area (Å²) in [4.78, 5) is 52.8. The SMILES string of the molecule is O=C(C(=O)N1CCN(C(=O)c2cc(Cc3n[nH]c(=O)c4c3CCCC4)ccc2F)CC1)c1ccco1. The molecule has 0 atom stereocenters. The first-order valence-corrected chi connectivity index (χ1v) is 12.0. The third-order valence-electron chi connectivity index (χ3n) is 6.81. The minimum absolute atomic E-state index is 0.0318. The van der Waals surface area contributed by atoms with Gasteiger partial charge in [-0.05, 0) is 61.1 Å². The molecule has 1 saturated heterocycles. The van der Waals surface area contributed by atoms with E-state index in [1.807, 2.05) is 0 Å². The van der Waals surface area contributed by atoms with Crippen LogP contribution in [0.15, 0.2) is 45.8 Å². The van der Waals surface area contributed by atoms with Gasteiger partial charge in [0, 0.05) is 38.2 Å². The second-order valence-corrected chi connectivity index (χ2v) is 9.05. The van der Waals surface area contributed by atoms with Crippen molar-refractivity contribution in [3.8, 4) is 0 Å². The average molecular weight is 493 g/mol. The Kier molecular flexibility index (Phi) is 6.49. The topological polar surface area (TPSA) is 117 Å². The van der Waals surface area contributed by atoms with Crippen molar-refractivity contribution in [3.05, 3.63) is 86.5 Å². The molecular formula is C26H25FN4O5. The Bertz CT molecular complexity index is 1370. The fraction of sp³-hybridized carbons (Fsp3) is 0.346. The highest BCUT2D eigenvalue weighted by Crippen LogP contribution is 2.23. The Balaban J connectivity index is 1.28. The van der Waals surface area contributed by atoms with Crippen molar-refractivity contribution in [1.82, 2.24) is 20.0 Å². The van der Waals surface area contributed by atoms with Crippen LogP contribution in [0.4, 0.5) is 4.39 Å². The standard InChI is InChI=1S/C26H25FN4O5/c27-20-8-7-16(15-21-17-4-1-2-5-18(17)24(33)29-28-21)14-19(20)25(34)30-9-11-31(12-10-30)26(35)23(32)22-6-3-13-36-22/h3,6-8,13-14H,1-2,4-5,9-12,15H2,(H,29,33). The fourth-order valence-electron chi connectivity index (χ4n) is 4.85. The molecule has 9 nitrogen and oxygen atoms in total. The first kappa shape index (κ1) is 23.7. The van der Waals surface area contributed by atoms with Crippen molar-refractivity contribution >= 4 is 17.6 Å². The number of aromatic amines is 1. The van der Waals surface area contributed by atoms with E-state index in [1.54, 1.807) is 6.07 Å². The van der Waals surface area contributed by atoms with E-state index in [9.17, 15) is 23.6 Å². The lowest BCUT2D eigenvalue weighted by atomic mass is 9.90. The Morgan fingerprint density at radius 1 is 1.00 bits per heavy atom. The Morgan fingerprint density at radius 3 is 2.44 bits per heavy atom. The summed E-state index contributed by atoms with van der Waals surface area (Å²) in [6.07, 6.45) is 5.14. The lowest BCUT2D eigenvalue weighted by Crippen LogP contribution is -2.52. The van der Waals surface area contributed by atoms with E-state index in [4.69, 9.17) is 4.42 Å². The number of hydrogen-bond acceptors (Lipinski definition) is 6. The second kappa shape index (κ2) is 9.88. The molecule has 0 saturated carbocycles. The molecule has 1 aromatic carbocycles. The van der Waals surface area contributed by atoms with Crippen LogP contribution < -0.4 is 5.56 Å². The lowest BCUT2D eigenvalue weighted by Gasteiger charge is -2.34. The number of rotatable bonds is 5. The maximum atomic E-state index is 14.7. The summed E-state index contributed by atoms with van der Waals surface area (Å²) >= 11 is 0. The second-order valence-electron chi connectivity index (χ2n) is 9.05. The van der Waals surface area contributed by atoms with E-state index in [-0.39, 0.29) is 43.1 Å². The van der Waals surface area contributed by atoms with Crippen molar-refractivity contribution < 1.29 is 23.2 Å². The summed E-state index contributed by atoms with van der Waals surface area (Å²) in [5.41, 5.74) is 2.95. The first-order chi connectivity index (χ1) is 17.4. The van der Waals surface area contributed by atoms with Crippen LogP contribution in [0, 0.1) is 5.82 Å². The van der Waals surface area contributed by atoms with Crippen LogP contribution in [-0.4, -0.2) is 63.8 Å². The van der Waals surface area contributed by atoms with Crippen LogP contribution in [0.5, 0.6) is 0 Å². The van der Waals surface area contributed by atoms with Gasteiger partial charge in [0.2, 0.25) is 0 Å². The van der Waals surface area contributed by atoms with Gasteiger partial charge < -0.3 is 14.2 Å². The number of halogens is 1.